The van der Waals surface area contributed by atoms with E-state index in [1.54, 1.807) is 12.2 Å². The van der Waals surface area contributed by atoms with Gasteiger partial charge in [-0.3, -0.25) is 4.55 Å². The lowest BCUT2D eigenvalue weighted by Gasteiger charge is -2.05. The Labute approximate surface area is 71.8 Å². The van der Waals surface area contributed by atoms with Crippen molar-refractivity contribution >= 4 is 10.1 Å². The van der Waals surface area contributed by atoms with E-state index in [1.165, 1.54) is 6.92 Å². The van der Waals surface area contributed by atoms with Crippen molar-refractivity contribution < 1.29 is 13.0 Å². The van der Waals surface area contributed by atoms with Crippen LogP contribution < -0.4 is 0 Å². The highest BCUT2D eigenvalue weighted by molar-refractivity contribution is 7.89. The summed E-state index contributed by atoms with van der Waals surface area (Å²) in [5.41, 5.74) is 0.639. The summed E-state index contributed by atoms with van der Waals surface area (Å²) < 4.78 is 30.0. The van der Waals surface area contributed by atoms with Crippen LogP contribution in [0.3, 0.4) is 0 Å². The molecule has 66 valence electrons. The molecule has 0 radical (unpaired) electrons. The molecule has 0 spiro atoms. The molecule has 0 saturated carbocycles. The molecule has 4 heteroatoms. The molecule has 0 aromatic carbocycles. The lowest BCUT2D eigenvalue weighted by molar-refractivity contribution is 0.490. The lowest BCUT2D eigenvalue weighted by Crippen LogP contribution is -2.01. The van der Waals surface area contributed by atoms with Crippen LogP contribution in [0.15, 0.2) is 34.8 Å². The highest BCUT2D eigenvalue weighted by Gasteiger charge is 2.12. The second-order valence-electron chi connectivity index (χ2n) is 2.55. The third kappa shape index (κ3) is 2.06. The van der Waals surface area contributed by atoms with E-state index in [0.717, 1.165) is 0 Å². The second-order valence-corrected chi connectivity index (χ2v) is 4.11. The van der Waals surface area contributed by atoms with Crippen LogP contribution in [-0.4, -0.2) is 13.0 Å². The number of rotatable bonds is 1. The van der Waals surface area contributed by atoms with Crippen molar-refractivity contribution in [2.24, 2.45) is 0 Å². The van der Waals surface area contributed by atoms with Gasteiger partial charge in [0.2, 0.25) is 0 Å². The van der Waals surface area contributed by atoms with Crippen LogP contribution in [0.2, 0.25) is 0 Å². The first kappa shape index (κ1) is 9.22. The Kier molecular flexibility index (Phi) is 2.49. The fourth-order valence-corrected chi connectivity index (χ4v) is 1.42. The molecule has 0 atom stereocenters. The molecular formula is C8H10O3S. The zero-order chi connectivity index (χ0) is 9.19. The first-order valence-electron chi connectivity index (χ1n) is 3.52. The molecular weight excluding hydrogens is 176 g/mol. The zero-order valence-electron chi connectivity index (χ0n) is 6.69. The summed E-state index contributed by atoms with van der Waals surface area (Å²) in [4.78, 5) is 0.0306. The Morgan fingerprint density at radius 3 is 2.58 bits per heavy atom. The van der Waals surface area contributed by atoms with Crippen molar-refractivity contribution in [3.05, 3.63) is 34.8 Å². The van der Waals surface area contributed by atoms with E-state index < -0.39 is 10.1 Å². The van der Waals surface area contributed by atoms with E-state index in [2.05, 4.69) is 0 Å². The van der Waals surface area contributed by atoms with Crippen molar-refractivity contribution in [2.45, 2.75) is 13.3 Å². The topological polar surface area (TPSA) is 54.4 Å². The van der Waals surface area contributed by atoms with Gasteiger partial charge in [0.05, 0.1) is 4.91 Å². The molecule has 0 fully saturated rings. The van der Waals surface area contributed by atoms with Gasteiger partial charge in [0.25, 0.3) is 10.1 Å². The van der Waals surface area contributed by atoms with E-state index >= 15 is 0 Å². The van der Waals surface area contributed by atoms with Crippen LogP contribution in [0.1, 0.15) is 13.3 Å². The fourth-order valence-electron chi connectivity index (χ4n) is 0.940. The van der Waals surface area contributed by atoms with E-state index in [1.807, 2.05) is 12.2 Å². The van der Waals surface area contributed by atoms with Gasteiger partial charge in [0.15, 0.2) is 0 Å². The number of allylic oxidation sites excluding steroid dienone is 6. The standard InChI is InChI=1S/C8H10O3S/c1-7(12(9,10)11)8-5-3-2-4-6-8/h2-5H,6H2,1H3,(H,9,10,11)/b8-7+. The molecule has 0 aromatic rings. The van der Waals surface area contributed by atoms with E-state index in [9.17, 15) is 8.42 Å². The predicted octanol–water partition coefficient (Wildman–Crippen LogP) is 1.66. The van der Waals surface area contributed by atoms with Crippen LogP contribution >= 0.6 is 0 Å². The molecule has 0 saturated heterocycles. The minimum Gasteiger partial charge on any atom is -0.282 e. The minimum absolute atomic E-state index is 0.0306. The maximum Gasteiger partial charge on any atom is 0.290 e. The van der Waals surface area contributed by atoms with Crippen LogP contribution in [-0.2, 0) is 10.1 Å². The fraction of sp³-hybridized carbons (Fsp3) is 0.250. The van der Waals surface area contributed by atoms with Crippen molar-refractivity contribution in [1.29, 1.82) is 0 Å². The molecule has 0 bridgehead atoms. The molecule has 1 aliphatic carbocycles. The largest absolute Gasteiger partial charge is 0.290 e. The van der Waals surface area contributed by atoms with Crippen LogP contribution in [0, 0.1) is 0 Å². The Balaban J connectivity index is 3.08. The molecule has 3 nitrogen and oxygen atoms in total. The quantitative estimate of drug-likeness (QED) is 0.634. The third-order valence-corrected chi connectivity index (χ3v) is 2.76. The predicted molar refractivity (Wildman–Crippen MR) is 47.1 cm³/mol. The smallest absolute Gasteiger partial charge is 0.282 e. The first-order valence-corrected chi connectivity index (χ1v) is 4.96. The van der Waals surface area contributed by atoms with Gasteiger partial charge in [-0.2, -0.15) is 8.42 Å². The summed E-state index contributed by atoms with van der Waals surface area (Å²) in [5.74, 6) is 0. The lowest BCUT2D eigenvalue weighted by atomic mass is 10.1. The SMILES string of the molecule is C/C(=C1/C=CC=CC1)S(=O)(=O)O. The van der Waals surface area contributed by atoms with E-state index in [-0.39, 0.29) is 4.91 Å². The summed E-state index contributed by atoms with van der Waals surface area (Å²) in [5, 5.41) is 0. The Morgan fingerprint density at radius 1 is 1.50 bits per heavy atom. The molecule has 0 heterocycles. The van der Waals surface area contributed by atoms with Crippen molar-refractivity contribution in [2.75, 3.05) is 0 Å². The molecule has 1 N–H and O–H groups in total. The third-order valence-electron chi connectivity index (χ3n) is 1.72. The van der Waals surface area contributed by atoms with Gasteiger partial charge in [-0.1, -0.05) is 24.3 Å². The molecule has 0 unspecified atom stereocenters. The molecule has 1 aliphatic rings. The highest BCUT2D eigenvalue weighted by atomic mass is 32.2. The molecule has 0 amide bonds. The van der Waals surface area contributed by atoms with E-state index in [4.69, 9.17) is 4.55 Å². The number of hydrogen-bond acceptors (Lipinski definition) is 2. The van der Waals surface area contributed by atoms with Crippen LogP contribution in [0.5, 0.6) is 0 Å². The van der Waals surface area contributed by atoms with Crippen LogP contribution in [0.25, 0.3) is 0 Å². The van der Waals surface area contributed by atoms with Gasteiger partial charge in [-0.15, -0.1) is 0 Å². The summed E-state index contributed by atoms with van der Waals surface area (Å²) >= 11 is 0. The second kappa shape index (κ2) is 3.25. The van der Waals surface area contributed by atoms with Gasteiger partial charge in [0.1, 0.15) is 0 Å². The molecule has 1 rings (SSSR count). The van der Waals surface area contributed by atoms with Crippen molar-refractivity contribution in [1.82, 2.24) is 0 Å². The van der Waals surface area contributed by atoms with Gasteiger partial charge in [0, 0.05) is 0 Å². The zero-order valence-corrected chi connectivity index (χ0v) is 7.50. The first-order chi connectivity index (χ1) is 5.52. The normalized spacial score (nSPS) is 21.2. The van der Waals surface area contributed by atoms with Crippen LogP contribution in [0.4, 0.5) is 0 Å². The number of hydrogen-bond donors (Lipinski definition) is 1. The van der Waals surface area contributed by atoms with Gasteiger partial charge >= 0.3 is 0 Å². The summed E-state index contributed by atoms with van der Waals surface area (Å²) in [6.07, 6.45) is 7.66. The highest BCUT2D eigenvalue weighted by Crippen LogP contribution is 2.18. The van der Waals surface area contributed by atoms with E-state index in [0.29, 0.717) is 12.0 Å². The average Bonchev–Trinajstić information content (AvgIpc) is 2.03. The summed E-state index contributed by atoms with van der Waals surface area (Å²) in [6, 6.07) is 0. The maximum absolute atomic E-state index is 10.7. The Bertz CT molecular complexity index is 358. The minimum atomic E-state index is -4.01. The van der Waals surface area contributed by atoms with Crippen molar-refractivity contribution in [3.63, 3.8) is 0 Å². The monoisotopic (exact) mass is 186 g/mol. The summed E-state index contributed by atoms with van der Waals surface area (Å²) in [6.45, 7) is 1.40. The molecule has 0 aromatic heterocycles. The van der Waals surface area contributed by atoms with Crippen molar-refractivity contribution in [3.8, 4) is 0 Å². The van der Waals surface area contributed by atoms with Gasteiger partial charge in [-0.05, 0) is 18.9 Å². The Hall–Kier alpha value is -0.870. The Morgan fingerprint density at radius 2 is 2.17 bits per heavy atom. The maximum atomic E-state index is 10.7. The van der Waals surface area contributed by atoms with Gasteiger partial charge < -0.3 is 0 Å². The molecule has 0 aliphatic heterocycles. The molecule has 12 heavy (non-hydrogen) atoms. The average molecular weight is 186 g/mol. The summed E-state index contributed by atoms with van der Waals surface area (Å²) in [7, 11) is -4.01. The van der Waals surface area contributed by atoms with Gasteiger partial charge in [-0.25, -0.2) is 0 Å².